The third-order valence-electron chi connectivity index (χ3n) is 2.43. The van der Waals surface area contributed by atoms with Crippen LogP contribution >= 0.6 is 0 Å². The van der Waals surface area contributed by atoms with Crippen molar-refractivity contribution in [3.8, 4) is 0 Å². The van der Waals surface area contributed by atoms with Gasteiger partial charge >= 0.3 is 0 Å². The van der Waals surface area contributed by atoms with Crippen molar-refractivity contribution in [2.75, 3.05) is 13.2 Å². The molecule has 2 rings (SSSR count). The second-order valence-corrected chi connectivity index (χ2v) is 3.51. The largest absolute Gasteiger partial charge is 0.381 e. The van der Waals surface area contributed by atoms with Crippen molar-refractivity contribution in [3.63, 3.8) is 0 Å². The van der Waals surface area contributed by atoms with Crippen molar-refractivity contribution in [3.05, 3.63) is 11.6 Å². The molecule has 5 heteroatoms. The molecular weight excluding hydrogens is 168 g/mol. The minimum Gasteiger partial charge on any atom is -0.381 e. The summed E-state index contributed by atoms with van der Waals surface area (Å²) in [5.74, 6) is 1.53. The fraction of sp³-hybridized carbons (Fsp3) is 0.750. The Morgan fingerprint density at radius 1 is 1.46 bits per heavy atom. The van der Waals surface area contributed by atoms with Crippen LogP contribution in [0.1, 0.15) is 24.5 Å². The third kappa shape index (κ3) is 1.57. The number of H-pyrrole nitrogens is 1. The Balaban J connectivity index is 2.22. The Kier molecular flexibility index (Phi) is 2.05. The van der Waals surface area contributed by atoms with Gasteiger partial charge in [0, 0.05) is 13.2 Å². The summed E-state index contributed by atoms with van der Waals surface area (Å²) >= 11 is 0. The molecule has 0 bridgehead atoms. The van der Waals surface area contributed by atoms with Gasteiger partial charge in [-0.15, -0.1) is 0 Å². The summed E-state index contributed by atoms with van der Waals surface area (Å²) in [5.41, 5.74) is 5.78. The van der Waals surface area contributed by atoms with E-state index in [1.165, 1.54) is 0 Å². The lowest BCUT2D eigenvalue weighted by Crippen LogP contribution is -2.43. The Hall–Kier alpha value is -0.940. The van der Waals surface area contributed by atoms with Gasteiger partial charge in [0.05, 0.1) is 5.54 Å². The van der Waals surface area contributed by atoms with E-state index in [0.29, 0.717) is 19.0 Å². The van der Waals surface area contributed by atoms with Crippen LogP contribution in [0.5, 0.6) is 0 Å². The highest BCUT2D eigenvalue weighted by Crippen LogP contribution is 2.26. The zero-order chi connectivity index (χ0) is 9.31. The molecule has 1 aliphatic rings. The molecule has 0 atom stereocenters. The van der Waals surface area contributed by atoms with Crippen LogP contribution in [-0.2, 0) is 10.3 Å². The number of nitrogens with one attached hydrogen (secondary N) is 1. The maximum absolute atomic E-state index is 6.17. The van der Waals surface area contributed by atoms with Crippen LogP contribution in [0.2, 0.25) is 0 Å². The Morgan fingerprint density at radius 2 is 2.15 bits per heavy atom. The number of ether oxygens (including phenoxy) is 1. The first kappa shape index (κ1) is 8.65. The highest BCUT2D eigenvalue weighted by atomic mass is 16.5. The Bertz CT molecular complexity index is 290. The summed E-state index contributed by atoms with van der Waals surface area (Å²) < 4.78 is 5.25. The van der Waals surface area contributed by atoms with Crippen molar-refractivity contribution >= 4 is 0 Å². The number of nitrogens with two attached hydrogens (primary N) is 1. The van der Waals surface area contributed by atoms with Crippen LogP contribution in [0.25, 0.3) is 0 Å². The molecule has 1 aromatic rings. The van der Waals surface area contributed by atoms with Crippen LogP contribution in [-0.4, -0.2) is 28.4 Å². The lowest BCUT2D eigenvalue weighted by molar-refractivity contribution is 0.0493. The van der Waals surface area contributed by atoms with E-state index in [1.54, 1.807) is 0 Å². The molecule has 1 saturated heterocycles. The number of hydrogen-bond acceptors (Lipinski definition) is 4. The first-order valence-corrected chi connectivity index (χ1v) is 4.47. The van der Waals surface area contributed by atoms with Gasteiger partial charge in [-0.1, -0.05) is 0 Å². The van der Waals surface area contributed by atoms with E-state index in [-0.39, 0.29) is 5.54 Å². The summed E-state index contributed by atoms with van der Waals surface area (Å²) in [6.45, 7) is 3.27. The van der Waals surface area contributed by atoms with Gasteiger partial charge in [0.25, 0.3) is 0 Å². The van der Waals surface area contributed by atoms with Gasteiger partial charge in [-0.2, -0.15) is 5.10 Å². The Morgan fingerprint density at radius 3 is 2.69 bits per heavy atom. The summed E-state index contributed by atoms with van der Waals surface area (Å²) in [4.78, 5) is 4.26. The van der Waals surface area contributed by atoms with Crippen molar-refractivity contribution < 1.29 is 4.74 Å². The van der Waals surface area contributed by atoms with E-state index in [9.17, 15) is 0 Å². The van der Waals surface area contributed by atoms with E-state index in [4.69, 9.17) is 10.5 Å². The number of aryl methyl sites for hydroxylation is 1. The smallest absolute Gasteiger partial charge is 0.170 e. The normalized spacial score (nSPS) is 21.7. The fourth-order valence-corrected chi connectivity index (χ4v) is 1.52. The molecule has 0 saturated carbocycles. The molecule has 1 aromatic heterocycles. The molecule has 5 nitrogen and oxygen atoms in total. The first-order chi connectivity index (χ1) is 6.21. The van der Waals surface area contributed by atoms with Gasteiger partial charge in [-0.3, -0.25) is 5.10 Å². The van der Waals surface area contributed by atoms with Crippen LogP contribution in [0, 0.1) is 6.92 Å². The fourth-order valence-electron chi connectivity index (χ4n) is 1.52. The zero-order valence-corrected chi connectivity index (χ0v) is 7.71. The topological polar surface area (TPSA) is 76.8 Å². The van der Waals surface area contributed by atoms with Gasteiger partial charge in [-0.05, 0) is 19.8 Å². The van der Waals surface area contributed by atoms with Crippen molar-refractivity contribution in [2.45, 2.75) is 25.3 Å². The monoisotopic (exact) mass is 182 g/mol. The van der Waals surface area contributed by atoms with E-state index < -0.39 is 0 Å². The second-order valence-electron chi connectivity index (χ2n) is 3.51. The molecule has 2 heterocycles. The molecule has 3 N–H and O–H groups in total. The average molecular weight is 182 g/mol. The summed E-state index contributed by atoms with van der Waals surface area (Å²) in [6, 6.07) is 0. The SMILES string of the molecule is Cc1nc(C2(N)CCOCC2)n[nH]1. The molecule has 0 amide bonds. The maximum Gasteiger partial charge on any atom is 0.170 e. The minimum atomic E-state index is -0.386. The highest BCUT2D eigenvalue weighted by molar-refractivity contribution is 5.05. The minimum absolute atomic E-state index is 0.386. The number of nitrogens with zero attached hydrogens (tertiary/aromatic N) is 2. The lowest BCUT2D eigenvalue weighted by atomic mass is 9.91. The van der Waals surface area contributed by atoms with Crippen molar-refractivity contribution in [2.24, 2.45) is 5.73 Å². The van der Waals surface area contributed by atoms with Gasteiger partial charge in [0.2, 0.25) is 0 Å². The molecule has 0 aromatic carbocycles. The quantitative estimate of drug-likeness (QED) is 0.644. The Labute approximate surface area is 76.7 Å². The standard InChI is InChI=1S/C8H14N4O/c1-6-10-7(12-11-6)8(9)2-4-13-5-3-8/h2-5,9H2,1H3,(H,10,11,12). The molecular formula is C8H14N4O. The van der Waals surface area contributed by atoms with E-state index in [2.05, 4.69) is 15.2 Å². The van der Waals surface area contributed by atoms with E-state index in [1.807, 2.05) is 6.92 Å². The van der Waals surface area contributed by atoms with Crippen molar-refractivity contribution in [1.82, 2.24) is 15.2 Å². The van der Waals surface area contributed by atoms with Crippen LogP contribution < -0.4 is 5.73 Å². The second kappa shape index (κ2) is 3.08. The summed E-state index contributed by atoms with van der Waals surface area (Å²) in [6.07, 6.45) is 1.59. The third-order valence-corrected chi connectivity index (χ3v) is 2.43. The van der Waals surface area contributed by atoms with Crippen molar-refractivity contribution in [1.29, 1.82) is 0 Å². The molecule has 0 aliphatic carbocycles. The first-order valence-electron chi connectivity index (χ1n) is 4.47. The molecule has 0 spiro atoms. The molecule has 1 aliphatic heterocycles. The van der Waals surface area contributed by atoms with Gasteiger partial charge < -0.3 is 10.5 Å². The van der Waals surface area contributed by atoms with Gasteiger partial charge in [-0.25, -0.2) is 4.98 Å². The number of aromatic nitrogens is 3. The molecule has 0 radical (unpaired) electrons. The highest BCUT2D eigenvalue weighted by Gasteiger charge is 2.33. The predicted molar refractivity (Wildman–Crippen MR) is 47.0 cm³/mol. The summed E-state index contributed by atoms with van der Waals surface area (Å²) in [7, 11) is 0. The molecule has 1 fully saturated rings. The van der Waals surface area contributed by atoms with Gasteiger partial charge in [0.15, 0.2) is 5.82 Å². The molecule has 13 heavy (non-hydrogen) atoms. The van der Waals surface area contributed by atoms with Crippen LogP contribution in [0.15, 0.2) is 0 Å². The van der Waals surface area contributed by atoms with E-state index in [0.717, 1.165) is 18.7 Å². The van der Waals surface area contributed by atoms with Gasteiger partial charge in [0.1, 0.15) is 5.82 Å². The molecule has 0 unspecified atom stereocenters. The number of rotatable bonds is 1. The number of aromatic amines is 1. The zero-order valence-electron chi connectivity index (χ0n) is 7.71. The van der Waals surface area contributed by atoms with Crippen LogP contribution in [0.4, 0.5) is 0 Å². The van der Waals surface area contributed by atoms with Crippen LogP contribution in [0.3, 0.4) is 0 Å². The predicted octanol–water partition coefficient (Wildman–Crippen LogP) is 0.0775. The summed E-state index contributed by atoms with van der Waals surface area (Å²) in [5, 5.41) is 6.90. The lowest BCUT2D eigenvalue weighted by Gasteiger charge is -2.30. The van der Waals surface area contributed by atoms with E-state index >= 15 is 0 Å². The average Bonchev–Trinajstić information content (AvgIpc) is 2.54. The maximum atomic E-state index is 6.17. The molecule has 72 valence electrons. The number of hydrogen-bond donors (Lipinski definition) is 2.